The zero-order chi connectivity index (χ0) is 17.3. The molecule has 0 spiro atoms. The predicted molar refractivity (Wildman–Crippen MR) is 94.7 cm³/mol. The summed E-state index contributed by atoms with van der Waals surface area (Å²) in [5, 5.41) is 0. The van der Waals surface area contributed by atoms with E-state index in [-0.39, 0.29) is 11.6 Å². The van der Waals surface area contributed by atoms with E-state index in [9.17, 15) is 9.59 Å². The topological polar surface area (TPSA) is 34.1 Å². The summed E-state index contributed by atoms with van der Waals surface area (Å²) < 4.78 is 0. The van der Waals surface area contributed by atoms with Gasteiger partial charge in [0.15, 0.2) is 11.6 Å². The van der Waals surface area contributed by atoms with Crippen LogP contribution >= 0.6 is 0 Å². The smallest absolute Gasteiger partial charge is 0.157 e. The monoisotopic (exact) mass is 296 g/mol. The first-order chi connectivity index (χ1) is 9.86. The Morgan fingerprint density at radius 3 is 1.14 bits per heavy atom. The van der Waals surface area contributed by atoms with Crippen LogP contribution in [0.15, 0.2) is 24.3 Å². The number of rotatable bonds is 9. The van der Waals surface area contributed by atoms with Crippen molar-refractivity contribution in [2.45, 2.75) is 86.5 Å². The second-order valence-electron chi connectivity index (χ2n) is 5.03. The van der Waals surface area contributed by atoms with E-state index < -0.39 is 0 Å². The minimum Gasteiger partial charge on any atom is -0.295 e. The molecule has 0 heterocycles. The van der Waals surface area contributed by atoms with Crippen LogP contribution in [-0.2, 0) is 9.59 Å². The second kappa shape index (κ2) is 18.8. The van der Waals surface area contributed by atoms with Gasteiger partial charge in [-0.15, -0.1) is 0 Å². The Bertz CT molecular complexity index is 271. The van der Waals surface area contributed by atoms with E-state index >= 15 is 0 Å². The van der Waals surface area contributed by atoms with Crippen LogP contribution < -0.4 is 0 Å². The Hall–Kier alpha value is -1.18. The fraction of sp³-hybridized carbons (Fsp3) is 0.684. The van der Waals surface area contributed by atoms with Crippen LogP contribution in [0, 0.1) is 0 Å². The van der Waals surface area contributed by atoms with E-state index in [4.69, 9.17) is 0 Å². The number of allylic oxidation sites excluding steroid dienone is 2. The number of carbonyl (C=O) groups excluding carboxylic acids is 2. The zero-order valence-electron chi connectivity index (χ0n) is 15.2. The van der Waals surface area contributed by atoms with E-state index in [2.05, 4.69) is 27.0 Å². The molecule has 2 heteroatoms. The van der Waals surface area contributed by atoms with E-state index in [0.717, 1.165) is 25.7 Å². The van der Waals surface area contributed by atoms with Gasteiger partial charge < -0.3 is 0 Å². The number of ketones is 2. The van der Waals surface area contributed by atoms with Gasteiger partial charge in [0.1, 0.15) is 0 Å². The van der Waals surface area contributed by atoms with E-state index in [0.29, 0.717) is 24.0 Å². The van der Waals surface area contributed by atoms with Gasteiger partial charge in [0.05, 0.1) is 0 Å². The van der Waals surface area contributed by atoms with Gasteiger partial charge in [-0.2, -0.15) is 0 Å². The molecular weight excluding hydrogens is 260 g/mol. The second-order valence-corrected chi connectivity index (χ2v) is 5.03. The highest BCUT2D eigenvalue weighted by atomic mass is 16.1. The first-order valence-electron chi connectivity index (χ1n) is 8.24. The Morgan fingerprint density at radius 2 is 0.952 bits per heavy atom. The number of hydrogen-bond donors (Lipinski definition) is 0. The molecule has 21 heavy (non-hydrogen) atoms. The fourth-order valence-electron chi connectivity index (χ4n) is 1.35. The predicted octanol–water partition coefficient (Wildman–Crippen LogP) is 6.06. The molecular formula is C19H36O2. The summed E-state index contributed by atoms with van der Waals surface area (Å²) in [4.78, 5) is 22.4. The zero-order valence-corrected chi connectivity index (χ0v) is 15.2. The maximum absolute atomic E-state index is 11.2. The number of carbonyl (C=O) groups is 2. The van der Waals surface area contributed by atoms with Crippen LogP contribution in [0.1, 0.15) is 86.5 Å². The molecule has 0 aromatic heterocycles. The summed E-state index contributed by atoms with van der Waals surface area (Å²) in [5.41, 5.74) is 1.27. The Labute approximate surface area is 132 Å². The number of unbranched alkanes of at least 4 members (excludes halogenated alkanes) is 3. The Morgan fingerprint density at radius 1 is 0.714 bits per heavy atom. The van der Waals surface area contributed by atoms with Crippen molar-refractivity contribution in [3.63, 3.8) is 0 Å². The molecule has 0 bridgehead atoms. The number of Topliss-reactive ketones (excluding diaryl/α,β-unsaturated/α-hetero) is 2. The van der Waals surface area contributed by atoms with Crippen LogP contribution in [0.3, 0.4) is 0 Å². The van der Waals surface area contributed by atoms with E-state index in [1.54, 1.807) is 13.8 Å². The van der Waals surface area contributed by atoms with Gasteiger partial charge in [-0.1, -0.05) is 60.1 Å². The quantitative estimate of drug-likeness (QED) is 0.383. The molecule has 0 aliphatic carbocycles. The molecule has 0 unspecified atom stereocenters. The molecule has 0 aliphatic heterocycles. The first kappa shape index (κ1) is 24.8. The molecule has 0 N–H and O–H groups in total. The molecule has 0 aromatic rings. The summed E-state index contributed by atoms with van der Waals surface area (Å²) in [6.45, 7) is 19.0. The number of hydrogen-bond acceptors (Lipinski definition) is 2. The summed E-state index contributed by atoms with van der Waals surface area (Å²) in [7, 11) is 0. The Balaban J connectivity index is -0.000000569. The van der Waals surface area contributed by atoms with Gasteiger partial charge in [0.25, 0.3) is 0 Å². The lowest BCUT2D eigenvalue weighted by atomic mass is 10.0. The average molecular weight is 296 g/mol. The van der Waals surface area contributed by atoms with E-state index in [1.165, 1.54) is 6.42 Å². The molecule has 0 atom stereocenters. The maximum Gasteiger partial charge on any atom is 0.157 e. The van der Waals surface area contributed by atoms with Crippen molar-refractivity contribution in [1.82, 2.24) is 0 Å². The third kappa shape index (κ3) is 21.3. The summed E-state index contributed by atoms with van der Waals surface area (Å²) in [6.07, 6.45) is 6.22. The summed E-state index contributed by atoms with van der Waals surface area (Å²) in [5.74, 6) is 0.302. The largest absolute Gasteiger partial charge is 0.295 e. The Kier molecular flexibility index (Phi) is 22.2. The van der Waals surface area contributed by atoms with Crippen molar-refractivity contribution in [1.29, 1.82) is 0 Å². The fourth-order valence-corrected chi connectivity index (χ4v) is 1.35. The van der Waals surface area contributed by atoms with Crippen LogP contribution in [0.4, 0.5) is 0 Å². The van der Waals surface area contributed by atoms with Gasteiger partial charge >= 0.3 is 0 Å². The van der Waals surface area contributed by atoms with Gasteiger partial charge in [0, 0.05) is 12.8 Å². The molecule has 0 amide bonds. The van der Waals surface area contributed by atoms with Crippen LogP contribution in [-0.4, -0.2) is 11.6 Å². The third-order valence-electron chi connectivity index (χ3n) is 2.51. The molecule has 0 rings (SSSR count). The van der Waals surface area contributed by atoms with Crippen molar-refractivity contribution in [2.24, 2.45) is 0 Å². The van der Waals surface area contributed by atoms with Gasteiger partial charge in [-0.3, -0.25) is 9.59 Å². The van der Waals surface area contributed by atoms with E-state index in [1.807, 2.05) is 13.8 Å². The van der Waals surface area contributed by atoms with Gasteiger partial charge in [0.2, 0.25) is 0 Å². The van der Waals surface area contributed by atoms with Crippen molar-refractivity contribution >= 4 is 11.6 Å². The van der Waals surface area contributed by atoms with Crippen molar-refractivity contribution in [2.75, 3.05) is 0 Å². The highest BCUT2D eigenvalue weighted by molar-refractivity contribution is 5.94. The standard InChI is InChI=1S/C14H22O2.C3H8.C2H6/c1-11(2)13(15)9-7-5-6-8-10-14(16)12(3)4;1-3-2;1-2/h1,3,5-10H2,2,4H3;3H2,1-2H3;1-2H3. The molecule has 0 saturated carbocycles. The van der Waals surface area contributed by atoms with Crippen molar-refractivity contribution in [3.8, 4) is 0 Å². The minimum atomic E-state index is 0.151. The van der Waals surface area contributed by atoms with Gasteiger partial charge in [-0.25, -0.2) is 0 Å². The maximum atomic E-state index is 11.2. The lowest BCUT2D eigenvalue weighted by molar-refractivity contribution is -0.116. The highest BCUT2D eigenvalue weighted by Crippen LogP contribution is 2.09. The average Bonchev–Trinajstić information content (AvgIpc) is 2.44. The van der Waals surface area contributed by atoms with Crippen LogP contribution in [0.2, 0.25) is 0 Å². The molecule has 0 radical (unpaired) electrons. The molecule has 124 valence electrons. The lowest BCUT2D eigenvalue weighted by Crippen LogP contribution is -1.99. The summed E-state index contributed by atoms with van der Waals surface area (Å²) >= 11 is 0. The van der Waals surface area contributed by atoms with Crippen molar-refractivity contribution < 1.29 is 9.59 Å². The third-order valence-corrected chi connectivity index (χ3v) is 2.51. The molecule has 0 fully saturated rings. The SMILES string of the molecule is C=C(C)C(=O)CCCCCCC(=O)C(=C)C.CC.CCC. The summed E-state index contributed by atoms with van der Waals surface area (Å²) in [6, 6.07) is 0. The van der Waals surface area contributed by atoms with Gasteiger partial charge in [-0.05, 0) is 37.8 Å². The molecule has 0 aromatic carbocycles. The molecule has 2 nitrogen and oxygen atoms in total. The van der Waals surface area contributed by atoms with Crippen molar-refractivity contribution in [3.05, 3.63) is 24.3 Å². The highest BCUT2D eigenvalue weighted by Gasteiger charge is 2.03. The lowest BCUT2D eigenvalue weighted by Gasteiger charge is -2.01. The van der Waals surface area contributed by atoms with Crippen LogP contribution in [0.5, 0.6) is 0 Å². The minimum absolute atomic E-state index is 0.151. The molecule has 0 aliphatic rings. The first-order valence-corrected chi connectivity index (χ1v) is 8.24. The van der Waals surface area contributed by atoms with Crippen LogP contribution in [0.25, 0.3) is 0 Å². The normalized spacial score (nSPS) is 8.67. The molecule has 0 saturated heterocycles.